The Morgan fingerprint density at radius 2 is 1.79 bits per heavy atom. The summed E-state index contributed by atoms with van der Waals surface area (Å²) in [6, 6.07) is 8.86. The van der Waals surface area contributed by atoms with Crippen LogP contribution in [0, 0.1) is 17.5 Å². The molecule has 1 aliphatic rings. The molecule has 0 radical (unpaired) electrons. The summed E-state index contributed by atoms with van der Waals surface area (Å²) < 4.78 is 80.4. The highest BCUT2D eigenvalue weighted by atomic mass is 19.4. The van der Waals surface area contributed by atoms with Gasteiger partial charge in [0.25, 0.3) is 0 Å². The lowest BCUT2D eigenvalue weighted by molar-refractivity contribution is -0.192. The quantitative estimate of drug-likeness (QED) is 0.242. The second kappa shape index (κ2) is 12.1. The average molecular weight is 609 g/mol. The zero-order valence-electron chi connectivity index (χ0n) is 22.0. The second-order valence-electron chi connectivity index (χ2n) is 9.24. The molecular weight excluding hydrogens is 586 g/mol. The summed E-state index contributed by atoms with van der Waals surface area (Å²) in [7, 11) is 0. The molecule has 1 aliphatic heterocycles. The first-order chi connectivity index (χ1) is 20.5. The normalized spacial score (nSPS) is 13.7. The van der Waals surface area contributed by atoms with Crippen LogP contribution in [0.2, 0.25) is 0 Å². The van der Waals surface area contributed by atoms with Crippen LogP contribution in [-0.2, 0) is 22.6 Å². The number of H-pyrrole nitrogens is 1. The molecule has 6 rings (SSSR count). The first-order valence-electron chi connectivity index (χ1n) is 12.7. The van der Waals surface area contributed by atoms with Gasteiger partial charge in [-0.15, -0.1) is 0 Å². The van der Waals surface area contributed by atoms with Crippen molar-refractivity contribution in [3.8, 4) is 0 Å². The largest absolute Gasteiger partial charge is 0.490 e. The van der Waals surface area contributed by atoms with Gasteiger partial charge in [-0.1, -0.05) is 12.1 Å². The van der Waals surface area contributed by atoms with Gasteiger partial charge in [-0.05, 0) is 29.8 Å². The van der Waals surface area contributed by atoms with Gasteiger partial charge in [0, 0.05) is 13.1 Å². The molecule has 4 heterocycles. The summed E-state index contributed by atoms with van der Waals surface area (Å²) in [5, 5.41) is 10.3. The van der Waals surface area contributed by atoms with Crippen LogP contribution in [-0.4, -0.2) is 73.0 Å². The van der Waals surface area contributed by atoms with E-state index in [-0.39, 0.29) is 17.9 Å². The highest BCUT2D eigenvalue weighted by Crippen LogP contribution is 2.25. The summed E-state index contributed by atoms with van der Waals surface area (Å²) in [6.45, 7) is 2.94. The summed E-state index contributed by atoms with van der Waals surface area (Å²) >= 11 is 0. The Morgan fingerprint density at radius 1 is 1.05 bits per heavy atom. The van der Waals surface area contributed by atoms with E-state index in [9.17, 15) is 26.3 Å². The van der Waals surface area contributed by atoms with Crippen LogP contribution >= 0.6 is 0 Å². The number of aromatic nitrogens is 6. The zero-order chi connectivity index (χ0) is 30.7. The number of benzene rings is 2. The van der Waals surface area contributed by atoms with Crippen LogP contribution in [0.1, 0.15) is 11.4 Å². The lowest BCUT2D eigenvalue weighted by Gasteiger charge is -2.27. The fraction of sp³-hybridized carbons (Fsp3) is 0.269. The smallest absolute Gasteiger partial charge is 0.475 e. The lowest BCUT2D eigenvalue weighted by atomic mass is 10.2. The van der Waals surface area contributed by atoms with Crippen LogP contribution in [0.3, 0.4) is 0 Å². The number of nitrogens with one attached hydrogen (secondary N) is 2. The first-order valence-corrected chi connectivity index (χ1v) is 12.7. The Bertz CT molecular complexity index is 1770. The standard InChI is InChI=1S/C24H21F3N8O.C2HF3O2/c25-15-3-1-2-14(10-15)12-35-13-29-21-22(32-24(33-23(21)35)34-6-8-36-9-7-34)28-11-18-30-17-5-4-16(26)19(27)20(17)31-18;3-2(4,5)1(6)7/h1-5,10,13H,6-9,11-12H2,(H,30,31)(H,28,32,33);(H,6,7). The number of nitrogens with zero attached hydrogens (tertiary/aromatic N) is 6. The molecule has 5 aromatic rings. The van der Waals surface area contributed by atoms with Crippen molar-refractivity contribution in [1.82, 2.24) is 29.5 Å². The second-order valence-corrected chi connectivity index (χ2v) is 9.24. The fourth-order valence-corrected chi connectivity index (χ4v) is 4.23. The van der Waals surface area contributed by atoms with Gasteiger partial charge in [-0.3, -0.25) is 0 Å². The molecule has 0 amide bonds. The maximum Gasteiger partial charge on any atom is 0.490 e. The maximum atomic E-state index is 14.1. The van der Waals surface area contributed by atoms with E-state index in [1.165, 1.54) is 18.2 Å². The van der Waals surface area contributed by atoms with Gasteiger partial charge in [-0.25, -0.2) is 27.9 Å². The highest BCUT2D eigenvalue weighted by molar-refractivity contribution is 5.84. The van der Waals surface area contributed by atoms with Gasteiger partial charge >= 0.3 is 12.1 Å². The number of carboxylic acid groups (broad SMARTS) is 1. The Hall–Kier alpha value is -4.93. The van der Waals surface area contributed by atoms with E-state index >= 15 is 0 Å². The topological polar surface area (TPSA) is 134 Å². The van der Waals surface area contributed by atoms with E-state index in [1.807, 2.05) is 15.5 Å². The predicted molar refractivity (Wildman–Crippen MR) is 141 cm³/mol. The van der Waals surface area contributed by atoms with Gasteiger partial charge in [-0.2, -0.15) is 23.1 Å². The molecule has 11 nitrogen and oxygen atoms in total. The van der Waals surface area contributed by atoms with Crippen LogP contribution in [0.5, 0.6) is 0 Å². The van der Waals surface area contributed by atoms with Gasteiger partial charge in [0.1, 0.15) is 17.2 Å². The molecule has 3 N–H and O–H groups in total. The molecule has 0 atom stereocenters. The SMILES string of the molecule is Fc1cccc(Cn2cnc3c(NCc4nc5c(F)c(F)ccc5[nH]4)nc(N4CCOCC4)nc32)c1.O=C(O)C(F)(F)F. The molecule has 1 fully saturated rings. The minimum absolute atomic E-state index is 0.0620. The fourth-order valence-electron chi connectivity index (χ4n) is 4.23. The number of fused-ring (bicyclic) bond motifs is 2. The number of rotatable bonds is 6. The molecule has 226 valence electrons. The molecule has 0 bridgehead atoms. The number of hydrogen-bond donors (Lipinski definition) is 3. The predicted octanol–water partition coefficient (Wildman–Crippen LogP) is 4.25. The summed E-state index contributed by atoms with van der Waals surface area (Å²) in [5.74, 6) is -3.64. The molecule has 0 aliphatic carbocycles. The monoisotopic (exact) mass is 608 g/mol. The average Bonchev–Trinajstić information content (AvgIpc) is 3.58. The van der Waals surface area contributed by atoms with E-state index < -0.39 is 23.8 Å². The number of aromatic amines is 1. The molecule has 3 aromatic heterocycles. The van der Waals surface area contributed by atoms with Crippen LogP contribution in [0.15, 0.2) is 42.7 Å². The molecule has 2 aromatic carbocycles. The van der Waals surface area contributed by atoms with E-state index in [0.717, 1.165) is 11.6 Å². The van der Waals surface area contributed by atoms with Crippen molar-refractivity contribution < 1.29 is 41.0 Å². The highest BCUT2D eigenvalue weighted by Gasteiger charge is 2.38. The Morgan fingerprint density at radius 3 is 2.49 bits per heavy atom. The number of hydrogen-bond acceptors (Lipinski definition) is 8. The number of carbonyl (C=O) groups is 1. The molecule has 1 saturated heterocycles. The van der Waals surface area contributed by atoms with Gasteiger partial charge in [0.05, 0.1) is 38.1 Å². The van der Waals surface area contributed by atoms with Crippen molar-refractivity contribution in [2.24, 2.45) is 0 Å². The lowest BCUT2D eigenvalue weighted by Crippen LogP contribution is -2.37. The molecule has 0 spiro atoms. The minimum Gasteiger partial charge on any atom is -0.475 e. The third kappa shape index (κ3) is 6.77. The number of imidazole rings is 2. The van der Waals surface area contributed by atoms with E-state index in [0.29, 0.717) is 67.1 Å². The number of morpholine rings is 1. The number of carboxylic acids is 1. The molecule has 43 heavy (non-hydrogen) atoms. The van der Waals surface area contributed by atoms with E-state index in [2.05, 4.69) is 20.3 Å². The molecule has 17 heteroatoms. The first kappa shape index (κ1) is 29.6. The number of ether oxygens (including phenoxy) is 1. The summed E-state index contributed by atoms with van der Waals surface area (Å²) in [6.07, 6.45) is -3.45. The van der Waals surface area contributed by atoms with Crippen molar-refractivity contribution in [2.75, 3.05) is 36.5 Å². The third-order valence-electron chi connectivity index (χ3n) is 6.25. The zero-order valence-corrected chi connectivity index (χ0v) is 22.0. The summed E-state index contributed by atoms with van der Waals surface area (Å²) in [5.41, 5.74) is 2.21. The van der Waals surface area contributed by atoms with Crippen molar-refractivity contribution >= 4 is 39.9 Å². The Labute approximate surface area is 238 Å². The van der Waals surface area contributed by atoms with Crippen molar-refractivity contribution in [3.63, 3.8) is 0 Å². The van der Waals surface area contributed by atoms with Crippen LogP contribution < -0.4 is 10.2 Å². The van der Waals surface area contributed by atoms with Crippen LogP contribution in [0.25, 0.3) is 22.2 Å². The van der Waals surface area contributed by atoms with Gasteiger partial charge in [0.2, 0.25) is 5.95 Å². The Kier molecular flexibility index (Phi) is 8.33. The molecule has 0 saturated carbocycles. The number of alkyl halides is 3. The molecule has 0 unspecified atom stereocenters. The maximum absolute atomic E-state index is 14.1. The van der Waals surface area contributed by atoms with E-state index in [1.54, 1.807) is 12.4 Å². The van der Waals surface area contributed by atoms with Crippen molar-refractivity contribution in [2.45, 2.75) is 19.3 Å². The Balaban J connectivity index is 0.000000472. The molecular formula is C26H22F6N8O3. The minimum atomic E-state index is -5.08. The van der Waals surface area contributed by atoms with Gasteiger partial charge < -0.3 is 29.6 Å². The van der Waals surface area contributed by atoms with Crippen molar-refractivity contribution in [3.05, 3.63) is 71.6 Å². The van der Waals surface area contributed by atoms with Gasteiger partial charge in [0.15, 0.2) is 28.6 Å². The summed E-state index contributed by atoms with van der Waals surface area (Å²) in [4.78, 5) is 32.1. The number of anilines is 2. The van der Waals surface area contributed by atoms with Crippen molar-refractivity contribution in [1.29, 1.82) is 0 Å². The third-order valence-corrected chi connectivity index (χ3v) is 6.25. The number of aliphatic carboxylic acids is 1. The number of halogens is 6. The van der Waals surface area contributed by atoms with E-state index in [4.69, 9.17) is 24.6 Å². The van der Waals surface area contributed by atoms with Crippen LogP contribution in [0.4, 0.5) is 38.1 Å².